The van der Waals surface area contributed by atoms with E-state index in [-0.39, 0.29) is 41.0 Å². The molecule has 31 heavy (non-hydrogen) atoms. The molecular formula is C26H41FO4. The van der Waals surface area contributed by atoms with Crippen molar-refractivity contribution in [3.63, 3.8) is 0 Å². The smallest absolute Gasteiger partial charge is 0.166 e. The largest absolute Gasteiger partial charge is 0.393 e. The molecule has 1 aromatic rings. The van der Waals surface area contributed by atoms with Crippen LogP contribution < -0.4 is 0 Å². The summed E-state index contributed by atoms with van der Waals surface area (Å²) in [5.74, 6) is -0.446. The molecule has 5 heteroatoms. The molecule has 0 radical (unpaired) electrons. The Kier molecular flexibility index (Phi) is 13.4. The Morgan fingerprint density at radius 2 is 1.58 bits per heavy atom. The van der Waals surface area contributed by atoms with Crippen molar-refractivity contribution in [1.29, 1.82) is 0 Å². The third-order valence-corrected chi connectivity index (χ3v) is 5.66. The number of ketones is 3. The molecule has 0 saturated heterocycles. The molecule has 0 aromatic heterocycles. The van der Waals surface area contributed by atoms with Crippen molar-refractivity contribution in [1.82, 2.24) is 0 Å². The van der Waals surface area contributed by atoms with Crippen molar-refractivity contribution in [2.24, 2.45) is 11.8 Å². The van der Waals surface area contributed by atoms with Crippen LogP contribution in [0, 0.1) is 17.7 Å². The van der Waals surface area contributed by atoms with Crippen LogP contribution in [0.4, 0.5) is 4.39 Å². The maximum absolute atomic E-state index is 13.7. The number of carbonyl (C=O) groups is 3. The van der Waals surface area contributed by atoms with Crippen LogP contribution in [0.25, 0.3) is 0 Å². The molecule has 0 amide bonds. The Morgan fingerprint density at radius 3 is 2.00 bits per heavy atom. The molecule has 0 saturated carbocycles. The fourth-order valence-electron chi connectivity index (χ4n) is 3.16. The first kappa shape index (κ1) is 29.1. The lowest BCUT2D eigenvalue weighted by Crippen LogP contribution is -2.17. The molecule has 0 fully saturated rings. The zero-order valence-electron chi connectivity index (χ0n) is 20.5. The van der Waals surface area contributed by atoms with Gasteiger partial charge in [-0.3, -0.25) is 14.4 Å². The second kappa shape index (κ2) is 14.2. The molecule has 0 heterocycles. The van der Waals surface area contributed by atoms with Gasteiger partial charge in [-0.05, 0) is 62.6 Å². The van der Waals surface area contributed by atoms with Crippen molar-refractivity contribution >= 4 is 17.3 Å². The van der Waals surface area contributed by atoms with Gasteiger partial charge in [-0.15, -0.1) is 0 Å². The highest BCUT2D eigenvalue weighted by Crippen LogP contribution is 2.27. The molecule has 4 nitrogen and oxygen atoms in total. The lowest BCUT2D eigenvalue weighted by atomic mass is 9.86. The van der Waals surface area contributed by atoms with Gasteiger partial charge in [0.15, 0.2) is 11.6 Å². The Labute approximate surface area is 187 Å². The Balaban J connectivity index is 0.000000649. The van der Waals surface area contributed by atoms with Crippen LogP contribution in [-0.4, -0.2) is 28.6 Å². The van der Waals surface area contributed by atoms with Gasteiger partial charge < -0.3 is 5.11 Å². The van der Waals surface area contributed by atoms with Crippen LogP contribution in [0.3, 0.4) is 0 Å². The minimum Gasteiger partial charge on any atom is -0.393 e. The van der Waals surface area contributed by atoms with Gasteiger partial charge in [0.1, 0.15) is 11.6 Å². The standard InChI is InChI=1S/C16H21FO2.C10H20O2/c1-6-10(4)16(19)14-8-12(17)7-13(9(2)3)15(14)11(5)18;1-4-5-10(12)7-6-8(2)9(3)11/h7-10H,6H2,1-5H3;8-9,11H,4-7H2,1-3H3. The molecule has 176 valence electrons. The minimum atomic E-state index is -0.458. The van der Waals surface area contributed by atoms with Gasteiger partial charge in [-0.2, -0.15) is 0 Å². The number of hydrogen-bond acceptors (Lipinski definition) is 4. The van der Waals surface area contributed by atoms with Gasteiger partial charge >= 0.3 is 0 Å². The van der Waals surface area contributed by atoms with Gasteiger partial charge in [-0.1, -0.05) is 41.5 Å². The molecule has 0 spiro atoms. The van der Waals surface area contributed by atoms with E-state index in [1.807, 2.05) is 34.6 Å². The SMILES string of the molecule is CCC(C)C(=O)c1cc(F)cc(C(C)C)c1C(C)=O.CCCC(=O)CCC(C)C(C)O. The fourth-order valence-corrected chi connectivity index (χ4v) is 3.16. The van der Waals surface area contributed by atoms with E-state index in [0.717, 1.165) is 12.8 Å². The van der Waals surface area contributed by atoms with E-state index in [1.54, 1.807) is 13.8 Å². The highest BCUT2D eigenvalue weighted by atomic mass is 19.1. The van der Waals surface area contributed by atoms with E-state index < -0.39 is 5.82 Å². The lowest BCUT2D eigenvalue weighted by Gasteiger charge is -2.17. The Morgan fingerprint density at radius 1 is 1.00 bits per heavy atom. The minimum absolute atomic E-state index is 0.00178. The van der Waals surface area contributed by atoms with Gasteiger partial charge in [0.25, 0.3) is 0 Å². The Hall–Kier alpha value is -1.88. The normalized spacial score (nSPS) is 13.8. The second-order valence-electron chi connectivity index (χ2n) is 8.85. The van der Waals surface area contributed by atoms with Crippen LogP contribution >= 0.6 is 0 Å². The van der Waals surface area contributed by atoms with Crippen LogP contribution in [0.2, 0.25) is 0 Å². The molecule has 1 aromatic carbocycles. The van der Waals surface area contributed by atoms with Crippen molar-refractivity contribution in [2.75, 3.05) is 0 Å². The third-order valence-electron chi connectivity index (χ3n) is 5.66. The second-order valence-corrected chi connectivity index (χ2v) is 8.85. The van der Waals surface area contributed by atoms with E-state index in [0.29, 0.717) is 36.2 Å². The van der Waals surface area contributed by atoms with Crippen molar-refractivity contribution < 1.29 is 23.9 Å². The lowest BCUT2D eigenvalue weighted by molar-refractivity contribution is -0.119. The summed E-state index contributed by atoms with van der Waals surface area (Å²) >= 11 is 0. The first-order valence-corrected chi connectivity index (χ1v) is 11.4. The monoisotopic (exact) mass is 436 g/mol. The summed E-state index contributed by atoms with van der Waals surface area (Å²) in [6.45, 7) is 14.7. The topological polar surface area (TPSA) is 71.4 Å². The molecule has 3 atom stereocenters. The van der Waals surface area contributed by atoms with Crippen LogP contribution in [0.15, 0.2) is 12.1 Å². The maximum atomic E-state index is 13.7. The van der Waals surface area contributed by atoms with Crippen LogP contribution in [0.1, 0.15) is 120 Å². The first-order chi connectivity index (χ1) is 14.4. The molecule has 0 aliphatic rings. The summed E-state index contributed by atoms with van der Waals surface area (Å²) in [6.07, 6.45) is 3.44. The highest BCUT2D eigenvalue weighted by Gasteiger charge is 2.24. The van der Waals surface area contributed by atoms with Crippen molar-refractivity contribution in [2.45, 2.75) is 99.5 Å². The van der Waals surface area contributed by atoms with E-state index in [1.165, 1.54) is 19.1 Å². The van der Waals surface area contributed by atoms with Crippen molar-refractivity contribution in [3.8, 4) is 0 Å². The molecule has 0 bridgehead atoms. The maximum Gasteiger partial charge on any atom is 0.166 e. The van der Waals surface area contributed by atoms with E-state index >= 15 is 0 Å². The number of hydrogen-bond donors (Lipinski definition) is 1. The van der Waals surface area contributed by atoms with E-state index in [9.17, 15) is 18.8 Å². The predicted molar refractivity (Wildman–Crippen MR) is 124 cm³/mol. The summed E-state index contributed by atoms with van der Waals surface area (Å²) in [5.41, 5.74) is 1.21. The van der Waals surface area contributed by atoms with E-state index in [4.69, 9.17) is 5.11 Å². The molecule has 0 aliphatic carbocycles. The summed E-state index contributed by atoms with van der Waals surface area (Å²) in [4.78, 5) is 35.2. The fraction of sp³-hybridized carbons (Fsp3) is 0.654. The summed E-state index contributed by atoms with van der Waals surface area (Å²) in [7, 11) is 0. The molecule has 1 N–H and O–H groups in total. The van der Waals surface area contributed by atoms with Gasteiger partial charge in [0.2, 0.25) is 0 Å². The number of rotatable bonds is 11. The number of carbonyl (C=O) groups excluding carboxylic acids is 3. The quantitative estimate of drug-likeness (QED) is 0.400. The zero-order valence-corrected chi connectivity index (χ0v) is 20.5. The molecule has 3 unspecified atom stereocenters. The van der Waals surface area contributed by atoms with Gasteiger partial charge in [-0.25, -0.2) is 4.39 Å². The summed E-state index contributed by atoms with van der Waals surface area (Å²) in [6, 6.07) is 2.55. The Bertz CT molecular complexity index is 737. The predicted octanol–water partition coefficient (Wildman–Crippen LogP) is 6.53. The first-order valence-electron chi connectivity index (χ1n) is 11.4. The molecular weight excluding hydrogens is 395 g/mol. The van der Waals surface area contributed by atoms with Gasteiger partial charge in [0, 0.05) is 29.9 Å². The number of benzene rings is 1. The molecule has 1 rings (SSSR count). The van der Waals surface area contributed by atoms with Crippen LogP contribution in [-0.2, 0) is 4.79 Å². The third kappa shape index (κ3) is 9.86. The zero-order chi connectivity index (χ0) is 24.3. The number of aliphatic hydroxyl groups is 1. The number of halogens is 1. The highest BCUT2D eigenvalue weighted by molar-refractivity contribution is 6.09. The van der Waals surface area contributed by atoms with Crippen molar-refractivity contribution in [3.05, 3.63) is 34.6 Å². The van der Waals surface area contributed by atoms with E-state index in [2.05, 4.69) is 0 Å². The summed E-state index contributed by atoms with van der Waals surface area (Å²) in [5, 5.41) is 9.15. The average molecular weight is 437 g/mol. The average Bonchev–Trinajstić information content (AvgIpc) is 2.70. The number of Topliss-reactive ketones (excluding diaryl/α,β-unsaturated/α-hetero) is 3. The molecule has 0 aliphatic heterocycles. The number of aliphatic hydroxyl groups excluding tert-OH is 1. The van der Waals surface area contributed by atoms with Gasteiger partial charge in [0.05, 0.1) is 6.10 Å². The summed E-state index contributed by atoms with van der Waals surface area (Å²) < 4.78 is 13.7. The van der Waals surface area contributed by atoms with Crippen LogP contribution in [0.5, 0.6) is 0 Å².